The molecule has 2 nitrogen and oxygen atoms in total. The van der Waals surface area contributed by atoms with E-state index in [1.807, 2.05) is 43.3 Å². The summed E-state index contributed by atoms with van der Waals surface area (Å²) in [6.07, 6.45) is 6.64. The highest BCUT2D eigenvalue weighted by atomic mass is 19.1. The number of rotatable bonds is 11. The molecule has 0 saturated heterocycles. The molecule has 4 rings (SSSR count). The smallest absolute Gasteiger partial charge is 0.189 e. The van der Waals surface area contributed by atoms with E-state index in [1.54, 1.807) is 0 Å². The van der Waals surface area contributed by atoms with Crippen LogP contribution in [0.1, 0.15) is 96.5 Å². The number of hydrogen-bond acceptors (Lipinski definition) is 2. The lowest BCUT2D eigenvalue weighted by Gasteiger charge is -2.22. The normalized spacial score (nSPS) is 17.8. The zero-order valence-corrected chi connectivity index (χ0v) is 23.1. The first-order valence-corrected chi connectivity index (χ1v) is 14.0. The highest BCUT2D eigenvalue weighted by molar-refractivity contribution is 6.11. The van der Waals surface area contributed by atoms with E-state index in [4.69, 9.17) is 0 Å². The van der Waals surface area contributed by atoms with Crippen molar-refractivity contribution in [1.82, 2.24) is 0 Å². The predicted octanol–water partition coefficient (Wildman–Crippen LogP) is 8.71. The number of halogens is 1. The van der Waals surface area contributed by atoms with Crippen LogP contribution in [0.4, 0.5) is 4.39 Å². The Labute approximate surface area is 227 Å². The van der Waals surface area contributed by atoms with Gasteiger partial charge in [0.2, 0.25) is 0 Å². The molecule has 0 radical (unpaired) electrons. The molecule has 0 saturated carbocycles. The van der Waals surface area contributed by atoms with Crippen molar-refractivity contribution in [2.24, 2.45) is 5.92 Å². The quantitative estimate of drug-likeness (QED) is 0.242. The molecule has 3 heteroatoms. The minimum atomic E-state index is -0.257. The van der Waals surface area contributed by atoms with Gasteiger partial charge in [-0.2, -0.15) is 0 Å². The van der Waals surface area contributed by atoms with Crippen LogP contribution in [0.25, 0.3) is 0 Å². The van der Waals surface area contributed by atoms with E-state index in [2.05, 4.69) is 45.0 Å². The Kier molecular flexibility index (Phi) is 9.09. The number of carbonyl (C=O) groups excluding carboxylic acids is 2. The van der Waals surface area contributed by atoms with Crippen LogP contribution in [0.15, 0.2) is 78.4 Å². The Balaban J connectivity index is 1.69. The van der Waals surface area contributed by atoms with Gasteiger partial charge in [0.15, 0.2) is 5.78 Å². The molecule has 0 bridgehead atoms. The van der Waals surface area contributed by atoms with E-state index in [-0.39, 0.29) is 23.4 Å². The second-order valence-electron chi connectivity index (χ2n) is 10.8. The summed E-state index contributed by atoms with van der Waals surface area (Å²) in [6.45, 7) is 8.39. The van der Waals surface area contributed by atoms with Gasteiger partial charge in [0.25, 0.3) is 0 Å². The number of Topliss-reactive ketones (excluding diaryl/α,β-unsaturated/α-hetero) is 2. The third kappa shape index (κ3) is 6.20. The molecule has 38 heavy (non-hydrogen) atoms. The van der Waals surface area contributed by atoms with Crippen LogP contribution in [0, 0.1) is 18.7 Å². The third-order valence-electron chi connectivity index (χ3n) is 8.18. The van der Waals surface area contributed by atoms with Crippen LogP contribution in [-0.4, -0.2) is 11.6 Å². The fraction of sp³-hybridized carbons (Fsp3) is 0.371. The maximum atomic E-state index is 13.9. The van der Waals surface area contributed by atoms with E-state index < -0.39 is 0 Å². The first kappa shape index (κ1) is 27.7. The van der Waals surface area contributed by atoms with E-state index in [0.717, 1.165) is 47.9 Å². The molecule has 0 spiro atoms. The van der Waals surface area contributed by atoms with Gasteiger partial charge < -0.3 is 0 Å². The molecular formula is C35H39FO2. The standard InChI is InChI=1S/C35H39FO2/c1-5-23(3)20-29(37)19-16-26-11-9-13-32(30(26)6-2)33-21-27(25-14-17-28(36)18-15-25)22-34(33)35(38)31-12-8-7-10-24(31)4/h7-15,17-18,22-23,27,33H,5-6,16,19-21H2,1-4H3. The number of carbonyl (C=O) groups is 2. The molecule has 3 atom stereocenters. The van der Waals surface area contributed by atoms with Crippen LogP contribution >= 0.6 is 0 Å². The molecule has 3 aromatic rings. The number of hydrogen-bond donors (Lipinski definition) is 0. The van der Waals surface area contributed by atoms with Gasteiger partial charge in [0.05, 0.1) is 0 Å². The Morgan fingerprint density at radius 1 is 0.974 bits per heavy atom. The summed E-state index contributed by atoms with van der Waals surface area (Å²) in [5, 5.41) is 0. The lowest BCUT2D eigenvalue weighted by Crippen LogP contribution is -2.13. The van der Waals surface area contributed by atoms with Crippen LogP contribution in [-0.2, 0) is 17.6 Å². The molecule has 0 heterocycles. The second-order valence-corrected chi connectivity index (χ2v) is 10.8. The minimum Gasteiger partial charge on any atom is -0.300 e. The van der Waals surface area contributed by atoms with E-state index in [1.165, 1.54) is 28.8 Å². The number of aryl methyl sites for hydroxylation is 2. The second kappa shape index (κ2) is 12.5. The summed E-state index contributed by atoms with van der Waals surface area (Å²) in [5.74, 6) is 0.527. The van der Waals surface area contributed by atoms with Crippen LogP contribution in [0.5, 0.6) is 0 Å². The molecule has 0 N–H and O–H groups in total. The monoisotopic (exact) mass is 510 g/mol. The van der Waals surface area contributed by atoms with E-state index >= 15 is 0 Å². The maximum absolute atomic E-state index is 13.9. The lowest BCUT2D eigenvalue weighted by atomic mass is 9.81. The Morgan fingerprint density at radius 3 is 2.39 bits per heavy atom. The fourth-order valence-electron chi connectivity index (χ4n) is 5.79. The van der Waals surface area contributed by atoms with Gasteiger partial charge >= 0.3 is 0 Å². The van der Waals surface area contributed by atoms with Gasteiger partial charge in [-0.05, 0) is 72.1 Å². The summed E-state index contributed by atoms with van der Waals surface area (Å²) in [7, 11) is 0. The molecule has 0 aromatic heterocycles. The van der Waals surface area contributed by atoms with Gasteiger partial charge in [0.1, 0.15) is 11.6 Å². The average Bonchev–Trinajstić information content (AvgIpc) is 3.37. The van der Waals surface area contributed by atoms with Gasteiger partial charge in [0, 0.05) is 35.8 Å². The van der Waals surface area contributed by atoms with Gasteiger partial charge in [-0.3, -0.25) is 9.59 Å². The van der Waals surface area contributed by atoms with Crippen molar-refractivity contribution in [3.05, 3.63) is 118 Å². The Bertz CT molecular complexity index is 1320. The van der Waals surface area contributed by atoms with Crippen LogP contribution in [0.2, 0.25) is 0 Å². The highest BCUT2D eigenvalue weighted by Gasteiger charge is 2.34. The molecule has 0 amide bonds. The number of ketones is 2. The number of benzene rings is 3. The van der Waals surface area contributed by atoms with Gasteiger partial charge in [-0.15, -0.1) is 0 Å². The van der Waals surface area contributed by atoms with Crippen LogP contribution < -0.4 is 0 Å². The molecular weight excluding hydrogens is 471 g/mol. The van der Waals surface area contributed by atoms with Crippen molar-refractivity contribution in [1.29, 1.82) is 0 Å². The zero-order valence-electron chi connectivity index (χ0n) is 23.1. The first-order chi connectivity index (χ1) is 18.3. The summed E-state index contributed by atoms with van der Waals surface area (Å²) >= 11 is 0. The minimum absolute atomic E-state index is 0.0361. The predicted molar refractivity (Wildman–Crippen MR) is 153 cm³/mol. The number of allylic oxidation sites excluding steroid dienone is 2. The Hall–Kier alpha value is -3.33. The molecule has 3 aromatic carbocycles. The van der Waals surface area contributed by atoms with Crippen molar-refractivity contribution in [2.45, 2.75) is 78.1 Å². The largest absolute Gasteiger partial charge is 0.300 e. The molecule has 0 fully saturated rings. The van der Waals surface area contributed by atoms with Crippen LogP contribution in [0.3, 0.4) is 0 Å². The molecule has 1 aliphatic carbocycles. The molecule has 1 aliphatic rings. The summed E-state index contributed by atoms with van der Waals surface area (Å²) in [5.41, 5.74) is 7.16. The van der Waals surface area contributed by atoms with Crippen molar-refractivity contribution in [2.75, 3.05) is 0 Å². The van der Waals surface area contributed by atoms with E-state index in [9.17, 15) is 14.0 Å². The van der Waals surface area contributed by atoms with Crippen molar-refractivity contribution < 1.29 is 14.0 Å². The molecule has 198 valence electrons. The lowest BCUT2D eigenvalue weighted by molar-refractivity contribution is -0.119. The summed E-state index contributed by atoms with van der Waals surface area (Å²) < 4.78 is 13.7. The molecule has 0 aliphatic heterocycles. The average molecular weight is 511 g/mol. The Morgan fingerprint density at radius 2 is 1.71 bits per heavy atom. The van der Waals surface area contributed by atoms with Crippen molar-refractivity contribution in [3.8, 4) is 0 Å². The van der Waals surface area contributed by atoms with Gasteiger partial charge in [-0.25, -0.2) is 4.39 Å². The third-order valence-corrected chi connectivity index (χ3v) is 8.18. The first-order valence-electron chi connectivity index (χ1n) is 14.0. The topological polar surface area (TPSA) is 34.1 Å². The van der Waals surface area contributed by atoms with Gasteiger partial charge in [-0.1, -0.05) is 87.9 Å². The van der Waals surface area contributed by atoms with E-state index in [0.29, 0.717) is 24.5 Å². The van der Waals surface area contributed by atoms with Crippen molar-refractivity contribution >= 4 is 11.6 Å². The SMILES string of the molecule is CCc1c(CCC(=O)CC(C)CC)cccc1C1CC(c2ccc(F)cc2)C=C1C(=O)c1ccccc1C. The summed E-state index contributed by atoms with van der Waals surface area (Å²) in [4.78, 5) is 26.5. The summed E-state index contributed by atoms with van der Waals surface area (Å²) in [6, 6.07) is 20.8. The fourth-order valence-corrected chi connectivity index (χ4v) is 5.79. The zero-order chi connectivity index (χ0) is 27.2. The maximum Gasteiger partial charge on any atom is 0.189 e. The van der Waals surface area contributed by atoms with Crippen molar-refractivity contribution in [3.63, 3.8) is 0 Å². The highest BCUT2D eigenvalue weighted by Crippen LogP contribution is 2.46. The molecule has 3 unspecified atom stereocenters.